The standard InChI is InChI=1S/C13H16FN3O3S/c1-10-3-4-11(7-13(10)14)16-21(19,20)12-8-15-17(9-12)5-2-6-18/h3-4,7-9,16,18H,2,5-6H2,1H3. The van der Waals surface area contributed by atoms with E-state index in [-0.39, 0.29) is 17.2 Å². The molecule has 0 saturated heterocycles. The average Bonchev–Trinajstić information content (AvgIpc) is 2.90. The molecule has 0 aliphatic carbocycles. The molecule has 2 aromatic rings. The molecule has 0 saturated carbocycles. The SMILES string of the molecule is Cc1ccc(NS(=O)(=O)c2cnn(CCCO)c2)cc1F. The van der Waals surface area contributed by atoms with E-state index in [9.17, 15) is 12.8 Å². The fourth-order valence-corrected chi connectivity index (χ4v) is 2.71. The topological polar surface area (TPSA) is 84.2 Å². The van der Waals surface area contributed by atoms with Crippen LogP contribution in [0.2, 0.25) is 0 Å². The second kappa shape index (κ2) is 6.23. The summed E-state index contributed by atoms with van der Waals surface area (Å²) in [6.45, 7) is 2.02. The maximum absolute atomic E-state index is 13.4. The molecule has 0 radical (unpaired) electrons. The predicted octanol–water partition coefficient (Wildman–Crippen LogP) is 1.51. The molecule has 6 nitrogen and oxygen atoms in total. The molecule has 0 bridgehead atoms. The third-order valence-electron chi connectivity index (χ3n) is 2.89. The van der Waals surface area contributed by atoms with Crippen LogP contribution < -0.4 is 4.72 Å². The van der Waals surface area contributed by atoms with Gasteiger partial charge in [0, 0.05) is 19.3 Å². The Kier molecular flexibility index (Phi) is 4.59. The molecule has 0 amide bonds. The first-order valence-corrected chi connectivity index (χ1v) is 7.83. The quantitative estimate of drug-likeness (QED) is 0.847. The van der Waals surface area contributed by atoms with Gasteiger partial charge in [0.25, 0.3) is 10.0 Å². The fourth-order valence-electron chi connectivity index (χ4n) is 1.71. The van der Waals surface area contributed by atoms with Crippen LogP contribution in [-0.2, 0) is 16.6 Å². The van der Waals surface area contributed by atoms with Crippen LogP contribution in [0, 0.1) is 12.7 Å². The van der Waals surface area contributed by atoms with Crippen LogP contribution in [0.5, 0.6) is 0 Å². The normalized spacial score (nSPS) is 11.6. The van der Waals surface area contributed by atoms with Crippen LogP contribution in [0.3, 0.4) is 0 Å². The monoisotopic (exact) mass is 313 g/mol. The van der Waals surface area contributed by atoms with E-state index in [1.165, 1.54) is 29.2 Å². The van der Waals surface area contributed by atoms with E-state index in [2.05, 4.69) is 9.82 Å². The number of aryl methyl sites for hydroxylation is 2. The summed E-state index contributed by atoms with van der Waals surface area (Å²) < 4.78 is 41.5. The third kappa shape index (κ3) is 3.79. The van der Waals surface area contributed by atoms with E-state index in [0.29, 0.717) is 18.5 Å². The van der Waals surface area contributed by atoms with Crippen molar-refractivity contribution in [1.82, 2.24) is 9.78 Å². The molecule has 1 aromatic carbocycles. The number of nitrogens with zero attached hydrogens (tertiary/aromatic N) is 2. The number of aromatic nitrogens is 2. The van der Waals surface area contributed by atoms with Crippen LogP contribution in [0.15, 0.2) is 35.5 Å². The lowest BCUT2D eigenvalue weighted by atomic mass is 10.2. The zero-order valence-electron chi connectivity index (χ0n) is 11.5. The summed E-state index contributed by atoms with van der Waals surface area (Å²) in [6, 6.07) is 4.12. The van der Waals surface area contributed by atoms with Gasteiger partial charge in [-0.3, -0.25) is 9.40 Å². The number of aliphatic hydroxyl groups excluding tert-OH is 1. The second-order valence-corrected chi connectivity index (χ2v) is 6.27. The van der Waals surface area contributed by atoms with Gasteiger partial charge < -0.3 is 5.11 Å². The maximum atomic E-state index is 13.4. The highest BCUT2D eigenvalue weighted by atomic mass is 32.2. The lowest BCUT2D eigenvalue weighted by Crippen LogP contribution is -2.12. The number of aliphatic hydroxyl groups is 1. The van der Waals surface area contributed by atoms with Gasteiger partial charge in [-0.2, -0.15) is 5.10 Å². The van der Waals surface area contributed by atoms with Crippen molar-refractivity contribution in [3.05, 3.63) is 42.0 Å². The van der Waals surface area contributed by atoms with Gasteiger partial charge in [0.1, 0.15) is 10.7 Å². The molecular weight excluding hydrogens is 297 g/mol. The van der Waals surface area contributed by atoms with Gasteiger partial charge in [-0.1, -0.05) is 6.07 Å². The molecule has 0 fully saturated rings. The zero-order chi connectivity index (χ0) is 15.5. The minimum atomic E-state index is -3.81. The number of hydrogen-bond donors (Lipinski definition) is 2. The molecule has 0 atom stereocenters. The third-order valence-corrected chi connectivity index (χ3v) is 4.23. The Morgan fingerprint density at radius 3 is 2.86 bits per heavy atom. The van der Waals surface area contributed by atoms with Crippen molar-refractivity contribution in [2.24, 2.45) is 0 Å². The Hall–Kier alpha value is -1.93. The number of benzene rings is 1. The molecule has 0 spiro atoms. The maximum Gasteiger partial charge on any atom is 0.265 e. The average molecular weight is 313 g/mol. The van der Waals surface area contributed by atoms with E-state index in [4.69, 9.17) is 5.11 Å². The van der Waals surface area contributed by atoms with Crippen molar-refractivity contribution in [1.29, 1.82) is 0 Å². The summed E-state index contributed by atoms with van der Waals surface area (Å²) in [6.07, 6.45) is 3.06. The van der Waals surface area contributed by atoms with Crippen molar-refractivity contribution < 1.29 is 17.9 Å². The summed E-state index contributed by atoms with van der Waals surface area (Å²) in [5, 5.41) is 12.6. The summed E-state index contributed by atoms with van der Waals surface area (Å²) in [4.78, 5) is -0.0126. The Morgan fingerprint density at radius 1 is 1.43 bits per heavy atom. The van der Waals surface area contributed by atoms with Crippen LogP contribution in [-0.4, -0.2) is 29.9 Å². The van der Waals surface area contributed by atoms with E-state index in [1.807, 2.05) is 0 Å². The van der Waals surface area contributed by atoms with E-state index in [0.717, 1.165) is 6.07 Å². The summed E-state index contributed by atoms with van der Waals surface area (Å²) in [5.41, 5.74) is 0.593. The smallest absolute Gasteiger partial charge is 0.265 e. The van der Waals surface area contributed by atoms with Crippen molar-refractivity contribution in [2.75, 3.05) is 11.3 Å². The van der Waals surface area contributed by atoms with Crippen molar-refractivity contribution in [3.63, 3.8) is 0 Å². The molecule has 21 heavy (non-hydrogen) atoms. The van der Waals surface area contributed by atoms with Gasteiger partial charge in [0.05, 0.1) is 11.9 Å². The first-order valence-electron chi connectivity index (χ1n) is 6.34. The number of rotatable bonds is 6. The predicted molar refractivity (Wildman–Crippen MR) is 75.9 cm³/mol. The Morgan fingerprint density at radius 2 is 2.19 bits per heavy atom. The minimum Gasteiger partial charge on any atom is -0.396 e. The highest BCUT2D eigenvalue weighted by Crippen LogP contribution is 2.18. The Labute approximate surface area is 122 Å². The molecule has 0 aliphatic rings. The summed E-state index contributed by atoms with van der Waals surface area (Å²) >= 11 is 0. The van der Waals surface area contributed by atoms with E-state index < -0.39 is 15.8 Å². The Balaban J connectivity index is 2.17. The molecular formula is C13H16FN3O3S. The van der Waals surface area contributed by atoms with Crippen LogP contribution in [0.25, 0.3) is 0 Å². The minimum absolute atomic E-state index is 0.00281. The van der Waals surface area contributed by atoms with E-state index >= 15 is 0 Å². The molecule has 2 rings (SSSR count). The number of anilines is 1. The highest BCUT2D eigenvalue weighted by molar-refractivity contribution is 7.92. The Bertz CT molecular complexity index is 728. The first kappa shape index (κ1) is 15.5. The van der Waals surface area contributed by atoms with Gasteiger partial charge in [-0.25, -0.2) is 12.8 Å². The zero-order valence-corrected chi connectivity index (χ0v) is 12.3. The van der Waals surface area contributed by atoms with Crippen LogP contribution in [0.4, 0.5) is 10.1 Å². The van der Waals surface area contributed by atoms with Gasteiger partial charge in [-0.05, 0) is 31.0 Å². The summed E-state index contributed by atoms with van der Waals surface area (Å²) in [5.74, 6) is -0.478. The molecule has 1 heterocycles. The van der Waals surface area contributed by atoms with Gasteiger partial charge >= 0.3 is 0 Å². The number of sulfonamides is 1. The molecule has 8 heteroatoms. The number of nitrogens with one attached hydrogen (secondary N) is 1. The number of hydrogen-bond acceptors (Lipinski definition) is 4. The molecule has 1 aromatic heterocycles. The summed E-state index contributed by atoms with van der Waals surface area (Å²) in [7, 11) is -3.81. The lowest BCUT2D eigenvalue weighted by Gasteiger charge is -2.07. The largest absolute Gasteiger partial charge is 0.396 e. The van der Waals surface area contributed by atoms with Gasteiger partial charge in [0.2, 0.25) is 0 Å². The molecule has 114 valence electrons. The van der Waals surface area contributed by atoms with Crippen LogP contribution >= 0.6 is 0 Å². The second-order valence-electron chi connectivity index (χ2n) is 4.59. The van der Waals surface area contributed by atoms with Crippen molar-refractivity contribution >= 4 is 15.7 Å². The van der Waals surface area contributed by atoms with Crippen molar-refractivity contribution in [2.45, 2.75) is 24.8 Å². The number of halogens is 1. The molecule has 2 N–H and O–H groups in total. The fraction of sp³-hybridized carbons (Fsp3) is 0.308. The molecule has 0 aliphatic heterocycles. The highest BCUT2D eigenvalue weighted by Gasteiger charge is 2.17. The first-order chi connectivity index (χ1) is 9.92. The van der Waals surface area contributed by atoms with E-state index in [1.54, 1.807) is 6.92 Å². The van der Waals surface area contributed by atoms with Gasteiger partial charge in [0.15, 0.2) is 0 Å². The van der Waals surface area contributed by atoms with Gasteiger partial charge in [-0.15, -0.1) is 0 Å². The van der Waals surface area contributed by atoms with Crippen molar-refractivity contribution in [3.8, 4) is 0 Å². The van der Waals surface area contributed by atoms with Crippen LogP contribution in [0.1, 0.15) is 12.0 Å². The lowest BCUT2D eigenvalue weighted by molar-refractivity contribution is 0.277. The molecule has 0 unspecified atom stereocenters.